The zero-order chi connectivity index (χ0) is 21.1. The molecule has 148 valence electrons. The molecule has 4 rings (SSSR count). The number of ether oxygens (including phenoxy) is 1. The fraction of sp³-hybridized carbons (Fsp3) is 0.136. The van der Waals surface area contributed by atoms with Crippen LogP contribution in [0.4, 0.5) is 0 Å². The molecule has 0 radical (unpaired) electrons. The van der Waals surface area contributed by atoms with Gasteiger partial charge >= 0.3 is 5.97 Å². The van der Waals surface area contributed by atoms with Gasteiger partial charge in [0.25, 0.3) is 5.56 Å². The maximum Gasteiger partial charge on any atom is 0.312 e. The van der Waals surface area contributed by atoms with Gasteiger partial charge < -0.3 is 4.74 Å². The summed E-state index contributed by atoms with van der Waals surface area (Å²) in [4.78, 5) is 24.4. The average Bonchev–Trinajstić information content (AvgIpc) is 3.10. The fourth-order valence-electron chi connectivity index (χ4n) is 3.28. The predicted molar refractivity (Wildman–Crippen MR) is 109 cm³/mol. The quantitative estimate of drug-likeness (QED) is 0.516. The zero-order valence-corrected chi connectivity index (χ0v) is 16.1. The number of aryl methyl sites for hydroxylation is 1. The number of aromatic amines is 1. The second-order valence-corrected chi connectivity index (χ2v) is 6.65. The van der Waals surface area contributed by atoms with Crippen molar-refractivity contribution in [1.82, 2.24) is 20.0 Å². The predicted octanol–water partition coefficient (Wildman–Crippen LogP) is 2.57. The molecule has 0 fully saturated rings. The molecule has 0 unspecified atom stereocenters. The smallest absolute Gasteiger partial charge is 0.312 e. The van der Waals surface area contributed by atoms with Crippen LogP contribution in [0.15, 0.2) is 59.4 Å². The largest absolute Gasteiger partial charge is 0.459 e. The molecule has 2 heterocycles. The molecule has 0 atom stereocenters. The van der Waals surface area contributed by atoms with Crippen LogP contribution < -0.4 is 5.56 Å². The van der Waals surface area contributed by atoms with Crippen molar-refractivity contribution in [3.05, 3.63) is 87.6 Å². The molecular formula is C22H17N5O3. The first-order valence-electron chi connectivity index (χ1n) is 9.24. The topological polar surface area (TPSA) is 114 Å². The molecule has 8 heteroatoms. The standard InChI is InChI=1S/C22H17N5O3/c1-14-18(12-23)20(27(26-14)15-7-3-2-4-8-15)13-30-21(28)11-19-16-9-5-6-10-17(16)22(29)25-24-19/h2-10H,11,13H2,1H3,(H,25,29). The Labute approximate surface area is 171 Å². The van der Waals surface area contributed by atoms with Gasteiger partial charge in [-0.25, -0.2) is 9.78 Å². The number of H-pyrrole nitrogens is 1. The first kappa shape index (κ1) is 19.1. The summed E-state index contributed by atoms with van der Waals surface area (Å²) < 4.78 is 7.05. The van der Waals surface area contributed by atoms with Crippen molar-refractivity contribution in [1.29, 1.82) is 5.26 Å². The van der Waals surface area contributed by atoms with Crippen molar-refractivity contribution in [3.63, 3.8) is 0 Å². The van der Waals surface area contributed by atoms with Crippen LogP contribution in [0.2, 0.25) is 0 Å². The highest BCUT2D eigenvalue weighted by molar-refractivity contribution is 5.86. The van der Waals surface area contributed by atoms with Crippen LogP contribution in [-0.2, 0) is 22.6 Å². The molecule has 2 aromatic carbocycles. The normalized spacial score (nSPS) is 10.7. The van der Waals surface area contributed by atoms with Crippen molar-refractivity contribution >= 4 is 16.7 Å². The minimum absolute atomic E-state index is 0.112. The SMILES string of the molecule is Cc1nn(-c2ccccc2)c(COC(=O)Cc2n[nH]c(=O)c3ccccc23)c1C#N. The number of nitrogens with zero attached hydrogens (tertiary/aromatic N) is 4. The van der Waals surface area contributed by atoms with Gasteiger partial charge in [0, 0.05) is 5.39 Å². The molecule has 0 bridgehead atoms. The molecule has 0 aliphatic rings. The van der Waals surface area contributed by atoms with Gasteiger partial charge in [-0.3, -0.25) is 9.59 Å². The number of esters is 1. The lowest BCUT2D eigenvalue weighted by Crippen LogP contribution is -2.16. The number of para-hydroxylation sites is 1. The van der Waals surface area contributed by atoms with E-state index in [-0.39, 0.29) is 18.6 Å². The van der Waals surface area contributed by atoms with E-state index in [9.17, 15) is 14.9 Å². The molecule has 8 nitrogen and oxygen atoms in total. The molecule has 0 aliphatic heterocycles. The molecular weight excluding hydrogens is 382 g/mol. The lowest BCUT2D eigenvalue weighted by atomic mass is 10.1. The number of aromatic nitrogens is 4. The van der Waals surface area contributed by atoms with Gasteiger partial charge in [0.1, 0.15) is 18.2 Å². The second-order valence-electron chi connectivity index (χ2n) is 6.65. The Kier molecular flexibility index (Phi) is 5.09. The van der Waals surface area contributed by atoms with Crippen LogP contribution in [0, 0.1) is 18.3 Å². The third-order valence-corrected chi connectivity index (χ3v) is 4.73. The molecule has 30 heavy (non-hydrogen) atoms. The van der Waals surface area contributed by atoms with E-state index >= 15 is 0 Å². The number of fused-ring (bicyclic) bond motifs is 1. The van der Waals surface area contributed by atoms with E-state index in [0.717, 1.165) is 5.69 Å². The Morgan fingerprint density at radius 1 is 1.13 bits per heavy atom. The number of hydrogen-bond donors (Lipinski definition) is 1. The summed E-state index contributed by atoms with van der Waals surface area (Å²) in [6.45, 7) is 1.62. The van der Waals surface area contributed by atoms with Crippen molar-refractivity contribution in [2.45, 2.75) is 20.0 Å². The van der Waals surface area contributed by atoms with E-state index in [1.54, 1.807) is 35.9 Å². The van der Waals surface area contributed by atoms with Gasteiger partial charge in [0.2, 0.25) is 0 Å². The molecule has 0 amide bonds. The van der Waals surface area contributed by atoms with Gasteiger partial charge in [0.05, 0.1) is 34.6 Å². The molecule has 2 aromatic heterocycles. The number of benzene rings is 2. The lowest BCUT2D eigenvalue weighted by Gasteiger charge is -2.09. The Bertz CT molecular complexity index is 1330. The van der Waals surface area contributed by atoms with E-state index in [1.807, 2.05) is 30.3 Å². The van der Waals surface area contributed by atoms with Crippen molar-refractivity contribution in [2.24, 2.45) is 0 Å². The molecule has 0 aliphatic carbocycles. The van der Waals surface area contributed by atoms with E-state index in [0.29, 0.717) is 33.4 Å². The fourth-order valence-corrected chi connectivity index (χ4v) is 3.28. The highest BCUT2D eigenvalue weighted by Crippen LogP contribution is 2.19. The van der Waals surface area contributed by atoms with E-state index < -0.39 is 5.97 Å². The van der Waals surface area contributed by atoms with Crippen molar-refractivity contribution < 1.29 is 9.53 Å². The number of hydrogen-bond acceptors (Lipinski definition) is 6. The average molecular weight is 399 g/mol. The Balaban J connectivity index is 1.58. The number of carbonyl (C=O) groups is 1. The van der Waals surface area contributed by atoms with Gasteiger partial charge in [-0.2, -0.15) is 15.5 Å². The highest BCUT2D eigenvalue weighted by Gasteiger charge is 2.19. The first-order chi connectivity index (χ1) is 14.6. The highest BCUT2D eigenvalue weighted by atomic mass is 16.5. The zero-order valence-electron chi connectivity index (χ0n) is 16.1. The summed E-state index contributed by atoms with van der Waals surface area (Å²) in [7, 11) is 0. The van der Waals surface area contributed by atoms with Gasteiger partial charge in [-0.05, 0) is 25.1 Å². The minimum atomic E-state index is -0.526. The number of nitriles is 1. The van der Waals surface area contributed by atoms with Crippen molar-refractivity contribution in [3.8, 4) is 11.8 Å². The Hall–Kier alpha value is -4.25. The lowest BCUT2D eigenvalue weighted by molar-refractivity contribution is -0.144. The summed E-state index contributed by atoms with van der Waals surface area (Å²) in [5.74, 6) is -0.526. The van der Waals surface area contributed by atoms with Crippen LogP contribution in [0.5, 0.6) is 0 Å². The number of nitrogens with one attached hydrogen (secondary N) is 1. The van der Waals surface area contributed by atoms with Gasteiger partial charge in [0.15, 0.2) is 0 Å². The molecule has 1 N–H and O–H groups in total. The summed E-state index contributed by atoms with van der Waals surface area (Å²) in [5.41, 5.74) is 2.29. The van der Waals surface area contributed by atoms with Crippen LogP contribution in [0.1, 0.15) is 22.6 Å². The van der Waals surface area contributed by atoms with E-state index in [4.69, 9.17) is 4.74 Å². The first-order valence-corrected chi connectivity index (χ1v) is 9.24. The molecule has 0 saturated carbocycles. The van der Waals surface area contributed by atoms with E-state index in [2.05, 4.69) is 21.4 Å². The second kappa shape index (κ2) is 8.01. The minimum Gasteiger partial charge on any atom is -0.459 e. The summed E-state index contributed by atoms with van der Waals surface area (Å²) >= 11 is 0. The van der Waals surface area contributed by atoms with Gasteiger partial charge in [-0.15, -0.1) is 0 Å². The third-order valence-electron chi connectivity index (χ3n) is 4.73. The van der Waals surface area contributed by atoms with Crippen LogP contribution in [-0.4, -0.2) is 25.9 Å². The maximum atomic E-state index is 12.5. The van der Waals surface area contributed by atoms with Crippen LogP contribution >= 0.6 is 0 Å². The monoisotopic (exact) mass is 399 g/mol. The van der Waals surface area contributed by atoms with Gasteiger partial charge in [-0.1, -0.05) is 36.4 Å². The van der Waals surface area contributed by atoms with E-state index in [1.165, 1.54) is 0 Å². The Morgan fingerprint density at radius 3 is 2.57 bits per heavy atom. The summed E-state index contributed by atoms with van der Waals surface area (Å²) in [6, 6.07) is 18.4. The van der Waals surface area contributed by atoms with Crippen LogP contribution in [0.25, 0.3) is 16.5 Å². The maximum absolute atomic E-state index is 12.5. The number of rotatable bonds is 5. The summed E-state index contributed by atoms with van der Waals surface area (Å²) in [5, 5.41) is 21.4. The van der Waals surface area contributed by atoms with Crippen LogP contribution in [0.3, 0.4) is 0 Å². The Morgan fingerprint density at radius 2 is 1.83 bits per heavy atom. The molecule has 4 aromatic rings. The number of carbonyl (C=O) groups excluding carboxylic acids is 1. The molecule has 0 spiro atoms. The third kappa shape index (κ3) is 3.56. The molecule has 0 saturated heterocycles. The summed E-state index contributed by atoms with van der Waals surface area (Å²) in [6.07, 6.45) is -0.113. The van der Waals surface area contributed by atoms with Crippen molar-refractivity contribution in [2.75, 3.05) is 0 Å².